The summed E-state index contributed by atoms with van der Waals surface area (Å²) in [6.45, 7) is 0.912. The summed E-state index contributed by atoms with van der Waals surface area (Å²) in [7, 11) is 0. The number of amides is 1. The summed E-state index contributed by atoms with van der Waals surface area (Å²) in [5.74, 6) is -1.28. The lowest BCUT2D eigenvalue weighted by molar-refractivity contribution is -0.143. The molecule has 4 rings (SSSR count). The highest BCUT2D eigenvalue weighted by molar-refractivity contribution is 6.00. The Bertz CT molecular complexity index is 1100. The standard InChI is InChI=1S/C21H21N5O3/c22-18(23)16-2-1-9-26-12-17(24-19(16)26)13-3-5-14(6-4-13)20(27)25-10-7-15(8-11-25)21(28)29/h1-6,9,12,15H,7-8,10-11H2,(H3,22,23)(H,28,29). The molecule has 148 valence electrons. The number of fused-ring (bicyclic) bond motifs is 1. The molecular formula is C21H21N5O3. The maximum Gasteiger partial charge on any atom is 0.306 e. The Balaban J connectivity index is 1.53. The maximum absolute atomic E-state index is 12.7. The van der Waals surface area contributed by atoms with Gasteiger partial charge >= 0.3 is 5.97 Å². The minimum absolute atomic E-state index is 0.0413. The first-order valence-electron chi connectivity index (χ1n) is 9.38. The number of aliphatic carboxylic acids is 1. The summed E-state index contributed by atoms with van der Waals surface area (Å²) in [4.78, 5) is 30.1. The van der Waals surface area contributed by atoms with Gasteiger partial charge in [-0.1, -0.05) is 12.1 Å². The summed E-state index contributed by atoms with van der Waals surface area (Å²) in [6, 6.07) is 10.8. The Morgan fingerprint density at radius 1 is 1.14 bits per heavy atom. The first-order chi connectivity index (χ1) is 13.9. The highest BCUT2D eigenvalue weighted by Gasteiger charge is 2.27. The third-order valence-electron chi connectivity index (χ3n) is 5.33. The molecule has 1 aromatic carbocycles. The monoisotopic (exact) mass is 391 g/mol. The number of nitrogens with one attached hydrogen (secondary N) is 1. The number of nitrogens with two attached hydrogens (primary N) is 1. The van der Waals surface area contributed by atoms with Crippen LogP contribution in [0.15, 0.2) is 48.8 Å². The maximum atomic E-state index is 12.7. The quantitative estimate of drug-likeness (QED) is 0.465. The molecule has 0 unspecified atom stereocenters. The lowest BCUT2D eigenvalue weighted by atomic mass is 9.96. The summed E-state index contributed by atoms with van der Waals surface area (Å²) >= 11 is 0. The highest BCUT2D eigenvalue weighted by Crippen LogP contribution is 2.23. The third kappa shape index (κ3) is 3.56. The van der Waals surface area contributed by atoms with Gasteiger partial charge in [0, 0.05) is 36.6 Å². The smallest absolute Gasteiger partial charge is 0.306 e. The topological polar surface area (TPSA) is 125 Å². The number of hydrogen-bond donors (Lipinski definition) is 3. The highest BCUT2D eigenvalue weighted by atomic mass is 16.4. The number of nitrogens with zero attached hydrogens (tertiary/aromatic N) is 3. The predicted molar refractivity (Wildman–Crippen MR) is 108 cm³/mol. The summed E-state index contributed by atoms with van der Waals surface area (Å²) in [6.07, 6.45) is 4.67. The number of piperidine rings is 1. The van der Waals surface area contributed by atoms with Crippen LogP contribution >= 0.6 is 0 Å². The molecule has 3 aromatic rings. The van der Waals surface area contributed by atoms with Gasteiger partial charge < -0.3 is 20.1 Å². The molecule has 1 aliphatic heterocycles. The molecule has 2 aromatic heterocycles. The zero-order chi connectivity index (χ0) is 20.5. The molecule has 0 bridgehead atoms. The van der Waals surface area contributed by atoms with Gasteiger partial charge in [0.2, 0.25) is 0 Å². The van der Waals surface area contributed by atoms with Crippen LogP contribution in [0.1, 0.15) is 28.8 Å². The van der Waals surface area contributed by atoms with Crippen LogP contribution in [0.4, 0.5) is 0 Å². The van der Waals surface area contributed by atoms with Crippen molar-refractivity contribution < 1.29 is 14.7 Å². The number of carbonyl (C=O) groups is 2. The van der Waals surface area contributed by atoms with Crippen LogP contribution in [-0.4, -0.2) is 50.2 Å². The van der Waals surface area contributed by atoms with Crippen LogP contribution in [0.2, 0.25) is 0 Å². The van der Waals surface area contributed by atoms with Crippen molar-refractivity contribution in [2.75, 3.05) is 13.1 Å². The molecule has 0 spiro atoms. The van der Waals surface area contributed by atoms with Crippen molar-refractivity contribution >= 4 is 23.4 Å². The zero-order valence-corrected chi connectivity index (χ0v) is 15.7. The molecule has 1 fully saturated rings. The Morgan fingerprint density at radius 2 is 1.83 bits per heavy atom. The largest absolute Gasteiger partial charge is 0.481 e. The van der Waals surface area contributed by atoms with Crippen molar-refractivity contribution in [1.29, 1.82) is 5.41 Å². The Kier molecular flexibility index (Phi) is 4.75. The molecule has 3 heterocycles. The average molecular weight is 391 g/mol. The van der Waals surface area contributed by atoms with Crippen molar-refractivity contribution in [3.63, 3.8) is 0 Å². The van der Waals surface area contributed by atoms with E-state index in [-0.39, 0.29) is 17.7 Å². The van der Waals surface area contributed by atoms with Crippen LogP contribution < -0.4 is 5.73 Å². The summed E-state index contributed by atoms with van der Waals surface area (Å²) in [5.41, 5.74) is 8.94. The second kappa shape index (κ2) is 7.38. The number of rotatable bonds is 4. The number of carboxylic acids is 1. The summed E-state index contributed by atoms with van der Waals surface area (Å²) in [5, 5.41) is 16.8. The molecular weight excluding hydrogens is 370 g/mol. The summed E-state index contributed by atoms with van der Waals surface area (Å²) < 4.78 is 1.82. The lowest BCUT2D eigenvalue weighted by Gasteiger charge is -2.30. The number of imidazole rings is 1. The van der Waals surface area contributed by atoms with E-state index in [0.717, 1.165) is 11.3 Å². The first-order valence-corrected chi connectivity index (χ1v) is 9.38. The molecule has 1 saturated heterocycles. The van der Waals surface area contributed by atoms with E-state index in [4.69, 9.17) is 16.2 Å². The van der Waals surface area contributed by atoms with Crippen molar-refractivity contribution in [3.05, 3.63) is 59.9 Å². The van der Waals surface area contributed by atoms with Gasteiger partial charge in [-0.3, -0.25) is 15.0 Å². The molecule has 29 heavy (non-hydrogen) atoms. The normalized spacial score (nSPS) is 14.8. The molecule has 1 amide bonds. The van der Waals surface area contributed by atoms with Gasteiger partial charge in [0.15, 0.2) is 0 Å². The number of hydrogen-bond acceptors (Lipinski definition) is 4. The van der Waals surface area contributed by atoms with Crippen molar-refractivity contribution in [1.82, 2.24) is 14.3 Å². The van der Waals surface area contributed by atoms with Crippen LogP contribution in [0.25, 0.3) is 16.9 Å². The average Bonchev–Trinajstić information content (AvgIpc) is 3.17. The number of carbonyl (C=O) groups excluding carboxylic acids is 1. The van der Waals surface area contributed by atoms with Gasteiger partial charge in [-0.25, -0.2) is 4.98 Å². The van der Waals surface area contributed by atoms with Gasteiger partial charge in [0.05, 0.1) is 17.2 Å². The van der Waals surface area contributed by atoms with Crippen LogP contribution in [0.5, 0.6) is 0 Å². The van der Waals surface area contributed by atoms with E-state index < -0.39 is 5.97 Å². The fraction of sp³-hybridized carbons (Fsp3) is 0.238. The van der Waals surface area contributed by atoms with Gasteiger partial charge in [0.25, 0.3) is 5.91 Å². The predicted octanol–water partition coefficient (Wildman–Crippen LogP) is 2.22. The molecule has 4 N–H and O–H groups in total. The number of nitrogen functional groups attached to an aromatic ring is 1. The Morgan fingerprint density at radius 3 is 2.45 bits per heavy atom. The van der Waals surface area contributed by atoms with Gasteiger partial charge in [-0.05, 0) is 37.1 Å². The number of pyridine rings is 1. The molecule has 0 saturated carbocycles. The van der Waals surface area contributed by atoms with Crippen molar-refractivity contribution in [2.24, 2.45) is 11.7 Å². The molecule has 8 nitrogen and oxygen atoms in total. The minimum atomic E-state index is -0.790. The number of amidine groups is 1. The van der Waals surface area contributed by atoms with E-state index in [2.05, 4.69) is 4.98 Å². The molecule has 0 aliphatic carbocycles. The lowest BCUT2D eigenvalue weighted by Crippen LogP contribution is -2.40. The molecule has 8 heteroatoms. The SMILES string of the molecule is N=C(N)c1cccn2cc(-c3ccc(C(=O)N4CCC(C(=O)O)CC4)cc3)nc12. The van der Waals surface area contributed by atoms with Crippen LogP contribution in [0, 0.1) is 11.3 Å². The van der Waals surface area contributed by atoms with E-state index in [1.54, 1.807) is 23.1 Å². The second-order valence-corrected chi connectivity index (χ2v) is 7.17. The first kappa shape index (κ1) is 18.7. The van der Waals surface area contributed by atoms with Gasteiger partial charge in [-0.2, -0.15) is 0 Å². The zero-order valence-electron chi connectivity index (χ0n) is 15.7. The Hall–Kier alpha value is -3.68. The molecule has 0 atom stereocenters. The fourth-order valence-electron chi connectivity index (χ4n) is 3.66. The second-order valence-electron chi connectivity index (χ2n) is 7.17. The third-order valence-corrected chi connectivity index (χ3v) is 5.33. The van der Waals surface area contributed by atoms with E-state index in [0.29, 0.717) is 42.7 Å². The molecule has 1 aliphatic rings. The van der Waals surface area contributed by atoms with E-state index in [1.165, 1.54) is 0 Å². The number of benzene rings is 1. The van der Waals surface area contributed by atoms with Crippen LogP contribution in [-0.2, 0) is 4.79 Å². The van der Waals surface area contributed by atoms with E-state index >= 15 is 0 Å². The minimum Gasteiger partial charge on any atom is -0.481 e. The van der Waals surface area contributed by atoms with E-state index in [9.17, 15) is 9.59 Å². The number of aromatic nitrogens is 2. The molecule has 0 radical (unpaired) electrons. The number of likely N-dealkylation sites (tertiary alicyclic amines) is 1. The van der Waals surface area contributed by atoms with Crippen LogP contribution in [0.3, 0.4) is 0 Å². The van der Waals surface area contributed by atoms with Crippen molar-refractivity contribution in [3.8, 4) is 11.3 Å². The van der Waals surface area contributed by atoms with Gasteiger partial charge in [-0.15, -0.1) is 0 Å². The van der Waals surface area contributed by atoms with Gasteiger partial charge in [0.1, 0.15) is 11.5 Å². The fourth-order valence-corrected chi connectivity index (χ4v) is 3.66. The van der Waals surface area contributed by atoms with Crippen molar-refractivity contribution in [2.45, 2.75) is 12.8 Å². The Labute approximate surface area is 167 Å². The number of carboxylic acid groups (broad SMARTS) is 1. The van der Waals surface area contributed by atoms with E-state index in [1.807, 2.05) is 35.0 Å².